The number of aliphatic imine (C=N–C) groups is 1. The summed E-state index contributed by atoms with van der Waals surface area (Å²) in [6.07, 6.45) is 5.85. The molecule has 7 nitrogen and oxygen atoms in total. The van der Waals surface area contributed by atoms with Gasteiger partial charge in [-0.2, -0.15) is 5.10 Å². The van der Waals surface area contributed by atoms with Crippen molar-refractivity contribution in [1.82, 2.24) is 20.4 Å². The van der Waals surface area contributed by atoms with Crippen molar-refractivity contribution in [2.45, 2.75) is 33.2 Å². The fourth-order valence-corrected chi connectivity index (χ4v) is 1.98. The molecule has 0 aliphatic rings. The van der Waals surface area contributed by atoms with Crippen molar-refractivity contribution in [2.24, 2.45) is 4.99 Å². The summed E-state index contributed by atoms with van der Waals surface area (Å²) < 4.78 is 12.3. The molecule has 1 rings (SSSR count). The zero-order valence-electron chi connectivity index (χ0n) is 15.1. The van der Waals surface area contributed by atoms with E-state index in [2.05, 4.69) is 33.8 Å². The molecule has 1 aromatic rings. The van der Waals surface area contributed by atoms with Gasteiger partial charge in [-0.1, -0.05) is 0 Å². The number of methoxy groups -OCH3 is 1. The van der Waals surface area contributed by atoms with E-state index >= 15 is 0 Å². The highest BCUT2D eigenvalue weighted by atomic mass is 127. The minimum Gasteiger partial charge on any atom is -0.382 e. The minimum atomic E-state index is 0. The van der Waals surface area contributed by atoms with Crippen LogP contribution in [0.15, 0.2) is 17.4 Å². The molecule has 0 aliphatic carbocycles. The van der Waals surface area contributed by atoms with Crippen LogP contribution in [0.1, 0.15) is 25.3 Å². The molecule has 0 spiro atoms. The number of aryl methyl sites for hydroxylation is 2. The monoisotopic (exact) mass is 453 g/mol. The highest BCUT2D eigenvalue weighted by Gasteiger charge is 1.98. The van der Waals surface area contributed by atoms with Gasteiger partial charge in [-0.3, -0.25) is 9.67 Å². The van der Waals surface area contributed by atoms with Gasteiger partial charge in [-0.05, 0) is 32.3 Å². The predicted octanol–water partition coefficient (Wildman–Crippen LogP) is 1.81. The Bertz CT molecular complexity index is 440. The Hall–Kier alpha value is -0.870. The number of rotatable bonds is 12. The first-order chi connectivity index (χ1) is 11.3. The zero-order chi connectivity index (χ0) is 16.8. The van der Waals surface area contributed by atoms with Gasteiger partial charge < -0.3 is 20.1 Å². The maximum Gasteiger partial charge on any atom is 0.191 e. The third kappa shape index (κ3) is 11.6. The fourth-order valence-electron chi connectivity index (χ4n) is 1.98. The van der Waals surface area contributed by atoms with Crippen LogP contribution in [0.25, 0.3) is 0 Å². The molecular formula is C16H32IN5O2. The van der Waals surface area contributed by atoms with Gasteiger partial charge in [-0.15, -0.1) is 24.0 Å². The van der Waals surface area contributed by atoms with E-state index in [0.29, 0.717) is 13.2 Å². The van der Waals surface area contributed by atoms with Crippen LogP contribution in [-0.4, -0.2) is 62.3 Å². The molecule has 0 radical (unpaired) electrons. The van der Waals surface area contributed by atoms with E-state index in [1.54, 1.807) is 7.11 Å². The van der Waals surface area contributed by atoms with Gasteiger partial charge in [-0.25, -0.2) is 0 Å². The molecule has 8 heteroatoms. The molecule has 1 aromatic heterocycles. The van der Waals surface area contributed by atoms with E-state index in [0.717, 1.165) is 51.6 Å². The quantitative estimate of drug-likeness (QED) is 0.219. The molecule has 0 saturated carbocycles. The van der Waals surface area contributed by atoms with Crippen LogP contribution in [-0.2, 0) is 16.0 Å². The molecule has 0 fully saturated rings. The maximum absolute atomic E-state index is 5.43. The number of nitrogens with one attached hydrogen (secondary N) is 2. The number of aromatic nitrogens is 2. The lowest BCUT2D eigenvalue weighted by Gasteiger charge is -2.11. The molecule has 2 N–H and O–H groups in total. The normalized spacial score (nSPS) is 11.2. The van der Waals surface area contributed by atoms with Crippen molar-refractivity contribution in [3.63, 3.8) is 0 Å². The van der Waals surface area contributed by atoms with Crippen LogP contribution in [0.5, 0.6) is 0 Å². The van der Waals surface area contributed by atoms with E-state index in [-0.39, 0.29) is 24.0 Å². The molecule has 0 aliphatic heterocycles. The number of halogens is 1. The summed E-state index contributed by atoms with van der Waals surface area (Å²) >= 11 is 0. The van der Waals surface area contributed by atoms with Crippen LogP contribution >= 0.6 is 24.0 Å². The second kappa shape index (κ2) is 15.6. The van der Waals surface area contributed by atoms with Crippen molar-refractivity contribution in [1.29, 1.82) is 0 Å². The van der Waals surface area contributed by atoms with Crippen LogP contribution in [0, 0.1) is 6.92 Å². The second-order valence-corrected chi connectivity index (χ2v) is 5.28. The van der Waals surface area contributed by atoms with Gasteiger partial charge in [0.15, 0.2) is 5.96 Å². The number of hydrogen-bond donors (Lipinski definition) is 2. The van der Waals surface area contributed by atoms with Crippen LogP contribution in [0.3, 0.4) is 0 Å². The first-order valence-electron chi connectivity index (χ1n) is 8.34. The van der Waals surface area contributed by atoms with E-state index in [1.807, 2.05) is 17.8 Å². The first kappa shape index (κ1) is 23.1. The van der Waals surface area contributed by atoms with Crippen molar-refractivity contribution >= 4 is 29.9 Å². The molecule has 0 amide bonds. The van der Waals surface area contributed by atoms with E-state index in [1.165, 1.54) is 5.56 Å². The Morgan fingerprint density at radius 2 is 2.08 bits per heavy atom. The van der Waals surface area contributed by atoms with Gasteiger partial charge in [0.2, 0.25) is 0 Å². The Morgan fingerprint density at radius 3 is 2.75 bits per heavy atom. The molecule has 0 unspecified atom stereocenters. The van der Waals surface area contributed by atoms with Crippen LogP contribution in [0.4, 0.5) is 0 Å². The zero-order valence-corrected chi connectivity index (χ0v) is 17.4. The molecule has 24 heavy (non-hydrogen) atoms. The lowest BCUT2D eigenvalue weighted by molar-refractivity contribution is 0.0698. The number of nitrogens with zero attached hydrogens (tertiary/aromatic N) is 3. The average Bonchev–Trinajstić information content (AvgIpc) is 2.96. The van der Waals surface area contributed by atoms with Crippen LogP contribution in [0.2, 0.25) is 0 Å². The molecule has 0 bridgehead atoms. The summed E-state index contributed by atoms with van der Waals surface area (Å²) in [5.74, 6) is 0.862. The first-order valence-corrected chi connectivity index (χ1v) is 8.34. The van der Waals surface area contributed by atoms with E-state index < -0.39 is 0 Å². The highest BCUT2D eigenvalue weighted by Crippen LogP contribution is 1.96. The van der Waals surface area contributed by atoms with Crippen molar-refractivity contribution in [3.05, 3.63) is 18.0 Å². The Balaban J connectivity index is 0.00000529. The van der Waals surface area contributed by atoms with Gasteiger partial charge in [0.1, 0.15) is 0 Å². The summed E-state index contributed by atoms with van der Waals surface area (Å²) in [5, 5.41) is 10.8. The summed E-state index contributed by atoms with van der Waals surface area (Å²) in [6.45, 7) is 9.51. The number of hydrogen-bond acceptors (Lipinski definition) is 4. The van der Waals surface area contributed by atoms with Gasteiger partial charge >= 0.3 is 0 Å². The third-order valence-corrected chi connectivity index (χ3v) is 3.11. The van der Waals surface area contributed by atoms with Gasteiger partial charge in [0.05, 0.1) is 19.4 Å². The average molecular weight is 453 g/mol. The highest BCUT2D eigenvalue weighted by molar-refractivity contribution is 14.0. The SMILES string of the molecule is CCNC(=NCCCn1cc(C)cn1)NCCCOCCOC.I. The third-order valence-electron chi connectivity index (χ3n) is 3.11. The van der Waals surface area contributed by atoms with Crippen molar-refractivity contribution < 1.29 is 9.47 Å². The molecule has 0 atom stereocenters. The Morgan fingerprint density at radius 1 is 1.25 bits per heavy atom. The largest absolute Gasteiger partial charge is 0.382 e. The summed E-state index contributed by atoms with van der Waals surface area (Å²) in [7, 11) is 1.68. The molecule has 0 aromatic carbocycles. The maximum atomic E-state index is 5.43. The molecular weight excluding hydrogens is 421 g/mol. The fraction of sp³-hybridized carbons (Fsp3) is 0.750. The Kier molecular flexibility index (Phi) is 15.1. The van der Waals surface area contributed by atoms with E-state index in [9.17, 15) is 0 Å². The molecule has 1 heterocycles. The lowest BCUT2D eigenvalue weighted by Crippen LogP contribution is -2.38. The number of ether oxygens (including phenoxy) is 2. The summed E-state index contributed by atoms with van der Waals surface area (Å²) in [4.78, 5) is 4.58. The summed E-state index contributed by atoms with van der Waals surface area (Å²) in [5.41, 5.74) is 1.19. The van der Waals surface area contributed by atoms with Crippen molar-refractivity contribution in [2.75, 3.05) is 46.6 Å². The minimum absolute atomic E-state index is 0. The second-order valence-electron chi connectivity index (χ2n) is 5.28. The topological polar surface area (TPSA) is 72.7 Å². The molecule has 0 saturated heterocycles. The predicted molar refractivity (Wildman–Crippen MR) is 108 cm³/mol. The van der Waals surface area contributed by atoms with E-state index in [4.69, 9.17) is 9.47 Å². The van der Waals surface area contributed by atoms with Gasteiger partial charge in [0.25, 0.3) is 0 Å². The number of guanidine groups is 1. The van der Waals surface area contributed by atoms with Crippen LogP contribution < -0.4 is 10.6 Å². The van der Waals surface area contributed by atoms with Gasteiger partial charge in [0, 0.05) is 46.1 Å². The lowest BCUT2D eigenvalue weighted by atomic mass is 10.4. The Labute approximate surface area is 162 Å². The smallest absolute Gasteiger partial charge is 0.191 e. The molecule has 140 valence electrons. The standard InChI is InChI=1S/C16H31N5O2.HI/c1-4-17-16(19-8-6-10-23-12-11-22-3)18-7-5-9-21-14-15(2)13-20-21;/h13-14H,4-12H2,1-3H3,(H2,17,18,19);1H. The summed E-state index contributed by atoms with van der Waals surface area (Å²) in [6, 6.07) is 0. The van der Waals surface area contributed by atoms with Crippen molar-refractivity contribution in [3.8, 4) is 0 Å².